The fourth-order valence-corrected chi connectivity index (χ4v) is 9.14. The maximum absolute atomic E-state index is 12.6. The second-order valence-electron chi connectivity index (χ2n) is 12.5. The zero-order valence-electron chi connectivity index (χ0n) is 20.9. The molecule has 204 valence electrons. The predicted molar refractivity (Wildman–Crippen MR) is 124 cm³/mol. The molecular formula is C26H40O10. The molecule has 10 heteroatoms. The number of hydrogen-bond donors (Lipinski definition) is 7. The molecule has 7 N–H and O–H groups in total. The van der Waals surface area contributed by atoms with Gasteiger partial charge in [0.25, 0.3) is 0 Å². The van der Waals surface area contributed by atoms with Gasteiger partial charge in [0, 0.05) is 11.3 Å². The molecule has 0 amide bonds. The largest absolute Gasteiger partial charge is 0.481 e. The fourth-order valence-electron chi connectivity index (χ4n) is 9.14. The van der Waals surface area contributed by atoms with E-state index < -0.39 is 89.7 Å². The molecular weight excluding hydrogens is 472 g/mol. The Balaban J connectivity index is 1.60. The van der Waals surface area contributed by atoms with Gasteiger partial charge in [0.1, 0.15) is 24.4 Å². The molecule has 5 aliphatic rings. The number of aliphatic carboxylic acids is 1. The molecule has 0 aromatic carbocycles. The van der Waals surface area contributed by atoms with Crippen LogP contribution in [0.2, 0.25) is 0 Å². The van der Waals surface area contributed by atoms with Crippen LogP contribution in [-0.4, -0.2) is 97.3 Å². The third kappa shape index (κ3) is 3.35. The lowest BCUT2D eigenvalue weighted by Crippen LogP contribution is -2.69. The van der Waals surface area contributed by atoms with Gasteiger partial charge in [-0.15, -0.1) is 0 Å². The monoisotopic (exact) mass is 512 g/mol. The molecule has 2 bridgehead atoms. The number of hydrogen-bond acceptors (Lipinski definition) is 9. The standard InChI is InChI=1S/C26H40O10/c1-11-12-7-13(28)20-24(2)5-4-6-25(3,23(33)34)15(24)8-16(26(20,9-12)21(11)32)36-22-19(31)18(30)17(29)14(10-27)35-22/h12-22,27-32H,1,4-10H2,2-3H3,(H,33,34)/t12-,13?,14-,15?,16+,17-,18+,19-,20?,21+,22+,24-,25-,26+/m1/s1. The van der Waals surface area contributed by atoms with E-state index in [2.05, 4.69) is 6.58 Å². The third-order valence-electron chi connectivity index (χ3n) is 10.8. The van der Waals surface area contributed by atoms with E-state index in [4.69, 9.17) is 9.47 Å². The van der Waals surface area contributed by atoms with Crippen molar-refractivity contribution in [3.8, 4) is 0 Å². The van der Waals surface area contributed by atoms with Crippen molar-refractivity contribution in [1.82, 2.24) is 0 Å². The first-order valence-electron chi connectivity index (χ1n) is 13.1. The molecule has 0 aromatic rings. The lowest BCUT2D eigenvalue weighted by atomic mass is 9.39. The molecule has 1 aliphatic heterocycles. The number of fused-ring (bicyclic) bond motifs is 3. The van der Waals surface area contributed by atoms with E-state index in [1.54, 1.807) is 6.92 Å². The average Bonchev–Trinajstić information content (AvgIpc) is 3.01. The Bertz CT molecular complexity index is 909. The molecule has 5 fully saturated rings. The quantitative estimate of drug-likeness (QED) is 0.197. The van der Waals surface area contributed by atoms with Gasteiger partial charge >= 0.3 is 5.97 Å². The van der Waals surface area contributed by atoms with Crippen molar-refractivity contribution in [3.05, 3.63) is 12.2 Å². The third-order valence-corrected chi connectivity index (χ3v) is 10.8. The first-order valence-corrected chi connectivity index (χ1v) is 13.1. The summed E-state index contributed by atoms with van der Waals surface area (Å²) >= 11 is 0. The molecule has 1 saturated heterocycles. The molecule has 1 heterocycles. The highest BCUT2D eigenvalue weighted by atomic mass is 16.7. The zero-order valence-corrected chi connectivity index (χ0v) is 20.9. The zero-order chi connectivity index (χ0) is 26.4. The molecule has 5 rings (SSSR count). The Hall–Kier alpha value is -1.11. The molecule has 0 aromatic heterocycles. The molecule has 3 unspecified atom stereocenters. The van der Waals surface area contributed by atoms with Gasteiger partial charge in [0.05, 0.1) is 30.3 Å². The normalized spacial score (nSPS) is 56.7. The second kappa shape index (κ2) is 8.71. The molecule has 14 atom stereocenters. The molecule has 10 nitrogen and oxygen atoms in total. The highest BCUT2D eigenvalue weighted by Crippen LogP contribution is 2.72. The number of carboxylic acids is 1. The lowest BCUT2D eigenvalue weighted by Gasteiger charge is -2.67. The molecule has 4 aliphatic carbocycles. The SMILES string of the molecule is C=C1[C@@H]2CC(O)C3[C@]4(C)CCC[C@@](C)(C(=O)O)C4C[C@H](O[C@@H]4O[C@H](CO)[C@@H](O)[C@H](O)[C@H]4O)[C@]3(C2)[C@H]1O. The first kappa shape index (κ1) is 26.5. The minimum atomic E-state index is -1.63. The Labute approximate surface area is 210 Å². The maximum atomic E-state index is 12.6. The average molecular weight is 513 g/mol. The van der Waals surface area contributed by atoms with E-state index in [0.29, 0.717) is 37.7 Å². The van der Waals surface area contributed by atoms with Crippen molar-refractivity contribution in [2.45, 2.75) is 101 Å². The minimum absolute atomic E-state index is 0.123. The summed E-state index contributed by atoms with van der Waals surface area (Å²) in [5, 5.41) is 74.3. The van der Waals surface area contributed by atoms with Crippen molar-refractivity contribution in [2.75, 3.05) is 6.61 Å². The first-order chi connectivity index (χ1) is 16.8. The number of rotatable bonds is 4. The van der Waals surface area contributed by atoms with Crippen LogP contribution in [0.25, 0.3) is 0 Å². The van der Waals surface area contributed by atoms with Gasteiger partial charge < -0.3 is 45.2 Å². The molecule has 1 spiro atoms. The topological polar surface area (TPSA) is 177 Å². The van der Waals surface area contributed by atoms with E-state index in [1.807, 2.05) is 6.92 Å². The van der Waals surface area contributed by atoms with Crippen molar-refractivity contribution in [2.24, 2.45) is 34.0 Å². The fraction of sp³-hybridized carbons (Fsp3) is 0.885. The van der Waals surface area contributed by atoms with Gasteiger partial charge in [-0.2, -0.15) is 0 Å². The highest BCUT2D eigenvalue weighted by molar-refractivity contribution is 5.75. The molecule has 36 heavy (non-hydrogen) atoms. The van der Waals surface area contributed by atoms with E-state index in [9.17, 15) is 40.5 Å². The van der Waals surface area contributed by atoms with Crippen molar-refractivity contribution in [3.63, 3.8) is 0 Å². The predicted octanol–water partition coefficient (Wildman–Crippen LogP) is -0.223. The number of ether oxygens (including phenoxy) is 2. The van der Waals surface area contributed by atoms with Gasteiger partial charge in [-0.25, -0.2) is 0 Å². The van der Waals surface area contributed by atoms with Crippen LogP contribution in [0.15, 0.2) is 12.2 Å². The van der Waals surface area contributed by atoms with Crippen LogP contribution in [0.3, 0.4) is 0 Å². The summed E-state index contributed by atoms with van der Waals surface area (Å²) in [6.07, 6.45) is -6.98. The minimum Gasteiger partial charge on any atom is -0.481 e. The summed E-state index contributed by atoms with van der Waals surface area (Å²) in [7, 11) is 0. The summed E-state index contributed by atoms with van der Waals surface area (Å²) in [6, 6.07) is 0. The second-order valence-corrected chi connectivity index (χ2v) is 12.5. The van der Waals surface area contributed by atoms with E-state index >= 15 is 0 Å². The summed E-state index contributed by atoms with van der Waals surface area (Å²) in [5.74, 6) is -1.92. The Morgan fingerprint density at radius 1 is 1.08 bits per heavy atom. The number of aliphatic hydroxyl groups is 6. The summed E-state index contributed by atoms with van der Waals surface area (Å²) in [6.45, 7) is 7.29. The number of carboxylic acid groups (broad SMARTS) is 1. The lowest BCUT2D eigenvalue weighted by molar-refractivity contribution is -0.344. The van der Waals surface area contributed by atoms with Crippen LogP contribution < -0.4 is 0 Å². The highest BCUT2D eigenvalue weighted by Gasteiger charge is 2.73. The van der Waals surface area contributed by atoms with Crippen LogP contribution in [-0.2, 0) is 14.3 Å². The van der Waals surface area contributed by atoms with E-state index in [0.717, 1.165) is 0 Å². The maximum Gasteiger partial charge on any atom is 0.309 e. The Morgan fingerprint density at radius 3 is 2.42 bits per heavy atom. The molecule has 0 radical (unpaired) electrons. The summed E-state index contributed by atoms with van der Waals surface area (Å²) < 4.78 is 12.0. The van der Waals surface area contributed by atoms with Gasteiger partial charge in [0.2, 0.25) is 0 Å². The Kier molecular flexibility index (Phi) is 6.41. The smallest absolute Gasteiger partial charge is 0.309 e. The van der Waals surface area contributed by atoms with Crippen LogP contribution >= 0.6 is 0 Å². The van der Waals surface area contributed by atoms with Crippen molar-refractivity contribution >= 4 is 5.97 Å². The van der Waals surface area contributed by atoms with Crippen LogP contribution in [0.4, 0.5) is 0 Å². The van der Waals surface area contributed by atoms with Crippen LogP contribution in [0, 0.1) is 34.0 Å². The van der Waals surface area contributed by atoms with Gasteiger partial charge in [-0.1, -0.05) is 19.9 Å². The number of aliphatic hydroxyl groups excluding tert-OH is 6. The van der Waals surface area contributed by atoms with Gasteiger partial charge in [-0.3, -0.25) is 4.79 Å². The summed E-state index contributed by atoms with van der Waals surface area (Å²) in [5.41, 5.74) is -2.03. The number of carbonyl (C=O) groups is 1. The van der Waals surface area contributed by atoms with Crippen molar-refractivity contribution in [1.29, 1.82) is 0 Å². The van der Waals surface area contributed by atoms with Gasteiger partial charge in [-0.05, 0) is 61.9 Å². The van der Waals surface area contributed by atoms with Crippen LogP contribution in [0.5, 0.6) is 0 Å². The van der Waals surface area contributed by atoms with Gasteiger partial charge in [0.15, 0.2) is 6.29 Å². The van der Waals surface area contributed by atoms with Crippen molar-refractivity contribution < 1.29 is 50.0 Å². The summed E-state index contributed by atoms with van der Waals surface area (Å²) in [4.78, 5) is 12.6. The van der Waals surface area contributed by atoms with E-state index in [-0.39, 0.29) is 12.3 Å². The Morgan fingerprint density at radius 2 is 1.78 bits per heavy atom. The molecule has 4 saturated carbocycles. The van der Waals surface area contributed by atoms with E-state index in [1.165, 1.54) is 0 Å². The van der Waals surface area contributed by atoms with Crippen LogP contribution in [0.1, 0.15) is 52.4 Å².